The zero-order valence-electron chi connectivity index (χ0n) is 15.3. The first-order valence-corrected chi connectivity index (χ1v) is 10.2. The molecule has 3 rings (SSSR count). The minimum absolute atomic E-state index is 0.153. The highest BCUT2D eigenvalue weighted by Gasteiger charge is 2.13. The lowest BCUT2D eigenvalue weighted by Crippen LogP contribution is -2.14. The number of anilines is 1. The number of hydrogen-bond donors (Lipinski definition) is 1. The van der Waals surface area contributed by atoms with Gasteiger partial charge in [-0.3, -0.25) is 10.1 Å². The molecular weight excluding hydrogens is 384 g/mol. The lowest BCUT2D eigenvalue weighted by atomic mass is 10.2. The van der Waals surface area contributed by atoms with Gasteiger partial charge in [-0.15, -0.1) is 20.4 Å². The molecule has 1 aromatic carbocycles. The SMILES string of the molecule is CCc1nnc(NC(=O)CSc2nnc(COc3ccccc3C)n2C)s1. The van der Waals surface area contributed by atoms with Crippen LogP contribution in [0.15, 0.2) is 29.4 Å². The topological polar surface area (TPSA) is 94.8 Å². The Morgan fingerprint density at radius 3 is 2.81 bits per heavy atom. The summed E-state index contributed by atoms with van der Waals surface area (Å²) in [7, 11) is 1.86. The van der Waals surface area contributed by atoms with E-state index in [9.17, 15) is 4.79 Å². The summed E-state index contributed by atoms with van der Waals surface area (Å²) in [5.41, 5.74) is 1.06. The monoisotopic (exact) mass is 404 g/mol. The molecule has 0 unspecified atom stereocenters. The van der Waals surface area contributed by atoms with Crippen molar-refractivity contribution in [1.29, 1.82) is 0 Å². The summed E-state index contributed by atoms with van der Waals surface area (Å²) in [5.74, 6) is 1.57. The largest absolute Gasteiger partial charge is 0.485 e. The first kappa shape index (κ1) is 19.3. The van der Waals surface area contributed by atoms with Gasteiger partial charge >= 0.3 is 0 Å². The number of ether oxygens (including phenoxy) is 1. The first-order valence-electron chi connectivity index (χ1n) is 8.38. The van der Waals surface area contributed by atoms with E-state index in [-0.39, 0.29) is 11.7 Å². The molecule has 8 nitrogen and oxygen atoms in total. The van der Waals surface area contributed by atoms with E-state index in [1.54, 1.807) is 0 Å². The average Bonchev–Trinajstić information content (AvgIpc) is 3.26. The smallest absolute Gasteiger partial charge is 0.236 e. The van der Waals surface area contributed by atoms with Crippen LogP contribution in [0.4, 0.5) is 5.13 Å². The van der Waals surface area contributed by atoms with E-state index in [0.29, 0.717) is 22.7 Å². The van der Waals surface area contributed by atoms with Crippen molar-refractivity contribution in [3.05, 3.63) is 40.7 Å². The van der Waals surface area contributed by atoms with Crippen LogP contribution in [0.3, 0.4) is 0 Å². The number of hydrogen-bond acceptors (Lipinski definition) is 8. The van der Waals surface area contributed by atoms with E-state index < -0.39 is 0 Å². The number of amides is 1. The number of benzene rings is 1. The predicted molar refractivity (Wildman–Crippen MR) is 105 cm³/mol. The zero-order valence-corrected chi connectivity index (χ0v) is 16.9. The van der Waals surface area contributed by atoms with E-state index in [4.69, 9.17) is 4.74 Å². The van der Waals surface area contributed by atoms with E-state index >= 15 is 0 Å². The molecule has 0 fully saturated rings. The molecule has 0 saturated carbocycles. The second kappa shape index (κ2) is 8.96. The maximum atomic E-state index is 12.1. The summed E-state index contributed by atoms with van der Waals surface area (Å²) in [6.45, 7) is 4.30. The third-order valence-corrected chi connectivity index (χ3v) is 5.73. The molecule has 0 radical (unpaired) electrons. The molecule has 27 heavy (non-hydrogen) atoms. The summed E-state index contributed by atoms with van der Waals surface area (Å²) in [6, 6.07) is 7.81. The molecular formula is C17H20N6O2S2. The van der Waals surface area contributed by atoms with E-state index in [1.165, 1.54) is 23.1 Å². The van der Waals surface area contributed by atoms with Gasteiger partial charge < -0.3 is 9.30 Å². The van der Waals surface area contributed by atoms with Gasteiger partial charge in [-0.25, -0.2) is 0 Å². The predicted octanol–water partition coefficient (Wildman–Crippen LogP) is 2.85. The van der Waals surface area contributed by atoms with Crippen molar-refractivity contribution in [2.24, 2.45) is 7.05 Å². The highest BCUT2D eigenvalue weighted by molar-refractivity contribution is 7.99. The normalized spacial score (nSPS) is 10.8. The standard InChI is InChI=1S/C17H20N6O2S2/c1-4-15-20-21-16(27-15)18-14(24)10-26-17-22-19-13(23(17)3)9-25-12-8-6-5-7-11(12)2/h5-8H,4,9-10H2,1-3H3,(H,18,21,24). The summed E-state index contributed by atoms with van der Waals surface area (Å²) in [6.07, 6.45) is 0.800. The van der Waals surface area contributed by atoms with Crippen molar-refractivity contribution in [3.8, 4) is 5.75 Å². The highest BCUT2D eigenvalue weighted by Crippen LogP contribution is 2.20. The number of aromatic nitrogens is 5. The van der Waals surface area contributed by atoms with Gasteiger partial charge in [0.2, 0.25) is 11.0 Å². The van der Waals surface area contributed by atoms with Gasteiger partial charge in [0, 0.05) is 7.05 Å². The van der Waals surface area contributed by atoms with Crippen LogP contribution in [-0.2, 0) is 24.9 Å². The van der Waals surface area contributed by atoms with Crippen LogP contribution in [0.1, 0.15) is 23.3 Å². The Morgan fingerprint density at radius 1 is 1.26 bits per heavy atom. The highest BCUT2D eigenvalue weighted by atomic mass is 32.2. The second-order valence-electron chi connectivity index (χ2n) is 5.70. The molecule has 0 aliphatic rings. The molecule has 0 saturated heterocycles. The van der Waals surface area contributed by atoms with Crippen molar-refractivity contribution < 1.29 is 9.53 Å². The molecule has 142 valence electrons. The quantitative estimate of drug-likeness (QED) is 0.577. The fraction of sp³-hybridized carbons (Fsp3) is 0.353. The molecule has 0 spiro atoms. The van der Waals surface area contributed by atoms with E-state index in [0.717, 1.165) is 22.7 Å². The lowest BCUT2D eigenvalue weighted by molar-refractivity contribution is -0.113. The third kappa shape index (κ3) is 5.04. The fourth-order valence-corrected chi connectivity index (χ4v) is 3.62. The Kier molecular flexibility index (Phi) is 6.40. The molecule has 0 aliphatic carbocycles. The third-order valence-electron chi connectivity index (χ3n) is 3.72. The maximum Gasteiger partial charge on any atom is 0.236 e. The maximum absolute atomic E-state index is 12.1. The van der Waals surface area contributed by atoms with Crippen LogP contribution in [0.25, 0.3) is 0 Å². The van der Waals surface area contributed by atoms with Crippen LogP contribution < -0.4 is 10.1 Å². The zero-order chi connectivity index (χ0) is 19.2. The van der Waals surface area contributed by atoms with Crippen molar-refractivity contribution in [1.82, 2.24) is 25.0 Å². The Hall–Kier alpha value is -2.46. The van der Waals surface area contributed by atoms with Gasteiger partial charge in [0.25, 0.3) is 0 Å². The van der Waals surface area contributed by atoms with Crippen molar-refractivity contribution in [2.45, 2.75) is 32.0 Å². The van der Waals surface area contributed by atoms with E-state index in [2.05, 4.69) is 25.7 Å². The second-order valence-corrected chi connectivity index (χ2v) is 7.71. The number of aryl methyl sites for hydroxylation is 2. The number of rotatable bonds is 8. The fourth-order valence-electron chi connectivity index (χ4n) is 2.19. The Bertz CT molecular complexity index is 924. The lowest BCUT2D eigenvalue weighted by Gasteiger charge is -2.08. The summed E-state index contributed by atoms with van der Waals surface area (Å²) in [5, 5.41) is 21.0. The van der Waals surface area contributed by atoms with Crippen LogP contribution >= 0.6 is 23.1 Å². The van der Waals surface area contributed by atoms with E-state index in [1.807, 2.05) is 49.7 Å². The Morgan fingerprint density at radius 2 is 2.07 bits per heavy atom. The Labute approximate surface area is 165 Å². The van der Waals surface area contributed by atoms with Gasteiger partial charge in [0.05, 0.1) is 5.75 Å². The number of nitrogens with zero attached hydrogens (tertiary/aromatic N) is 5. The number of para-hydroxylation sites is 1. The van der Waals surface area contributed by atoms with Gasteiger partial charge in [-0.05, 0) is 25.0 Å². The van der Waals surface area contributed by atoms with Crippen molar-refractivity contribution >= 4 is 34.1 Å². The molecule has 3 aromatic rings. The van der Waals surface area contributed by atoms with Gasteiger partial charge in [-0.2, -0.15) is 0 Å². The van der Waals surface area contributed by atoms with Gasteiger partial charge in [-0.1, -0.05) is 48.2 Å². The molecule has 2 heterocycles. The van der Waals surface area contributed by atoms with Crippen LogP contribution in [0.2, 0.25) is 0 Å². The number of carbonyl (C=O) groups excluding carboxylic acids is 1. The molecule has 0 aliphatic heterocycles. The molecule has 0 bridgehead atoms. The molecule has 2 aromatic heterocycles. The number of carbonyl (C=O) groups is 1. The Balaban J connectivity index is 1.52. The minimum atomic E-state index is -0.153. The molecule has 0 atom stereocenters. The van der Waals surface area contributed by atoms with Crippen LogP contribution in [0.5, 0.6) is 5.75 Å². The van der Waals surface area contributed by atoms with Gasteiger partial charge in [0.1, 0.15) is 17.4 Å². The number of thioether (sulfide) groups is 1. The summed E-state index contributed by atoms with van der Waals surface area (Å²) >= 11 is 2.69. The summed E-state index contributed by atoms with van der Waals surface area (Å²) in [4.78, 5) is 12.1. The van der Waals surface area contributed by atoms with Crippen molar-refractivity contribution in [2.75, 3.05) is 11.1 Å². The molecule has 1 N–H and O–H groups in total. The first-order chi connectivity index (χ1) is 13.1. The van der Waals surface area contributed by atoms with Gasteiger partial charge in [0.15, 0.2) is 11.0 Å². The van der Waals surface area contributed by atoms with Crippen molar-refractivity contribution in [3.63, 3.8) is 0 Å². The molecule has 10 heteroatoms. The minimum Gasteiger partial charge on any atom is -0.485 e. The number of nitrogens with one attached hydrogen (secondary N) is 1. The van der Waals surface area contributed by atoms with Crippen LogP contribution in [0, 0.1) is 6.92 Å². The van der Waals surface area contributed by atoms with Crippen LogP contribution in [-0.4, -0.2) is 36.6 Å². The average molecular weight is 405 g/mol. The summed E-state index contributed by atoms with van der Waals surface area (Å²) < 4.78 is 7.64. The molecule has 1 amide bonds.